The van der Waals surface area contributed by atoms with Crippen molar-refractivity contribution >= 4 is 23.2 Å². The lowest BCUT2D eigenvalue weighted by Crippen LogP contribution is -2.44. The third kappa shape index (κ3) is 7.02. The predicted octanol–water partition coefficient (Wildman–Crippen LogP) is 5.38. The topological polar surface area (TPSA) is 87.9 Å². The maximum atomic E-state index is 13.4. The van der Waals surface area contributed by atoms with Crippen LogP contribution in [0.5, 0.6) is 0 Å². The van der Waals surface area contributed by atoms with Gasteiger partial charge in [0.15, 0.2) is 0 Å². The second-order valence-corrected chi connectivity index (χ2v) is 12.1. The van der Waals surface area contributed by atoms with E-state index in [2.05, 4.69) is 57.6 Å². The van der Waals surface area contributed by atoms with Crippen LogP contribution in [0.15, 0.2) is 72.8 Å². The third-order valence-electron chi connectivity index (χ3n) is 8.83. The van der Waals surface area contributed by atoms with Gasteiger partial charge in [-0.05, 0) is 79.0 Å². The van der Waals surface area contributed by atoms with Crippen molar-refractivity contribution in [3.63, 3.8) is 0 Å². The molecule has 0 radical (unpaired) electrons. The Kier molecular flexibility index (Phi) is 8.87. The molecule has 1 aliphatic heterocycles. The van der Waals surface area contributed by atoms with Gasteiger partial charge >= 0.3 is 0 Å². The van der Waals surface area contributed by atoms with Gasteiger partial charge in [0.05, 0.1) is 31.0 Å². The van der Waals surface area contributed by atoms with E-state index in [1.54, 1.807) is 0 Å². The number of rotatable bonds is 9. The van der Waals surface area contributed by atoms with Gasteiger partial charge in [-0.3, -0.25) is 9.59 Å². The molecule has 0 bridgehead atoms. The Labute approximate surface area is 249 Å². The second kappa shape index (κ2) is 13.1. The van der Waals surface area contributed by atoms with Crippen LogP contribution in [-0.2, 0) is 27.3 Å². The Morgan fingerprint density at radius 3 is 2.29 bits per heavy atom. The molecule has 0 aromatic heterocycles. The van der Waals surface area contributed by atoms with Crippen molar-refractivity contribution in [2.45, 2.75) is 63.6 Å². The molecule has 1 saturated heterocycles. The van der Waals surface area contributed by atoms with Crippen LogP contribution < -0.4 is 16.0 Å². The Bertz CT molecular complexity index is 1380. The van der Waals surface area contributed by atoms with Crippen LogP contribution in [0.2, 0.25) is 0 Å². The summed E-state index contributed by atoms with van der Waals surface area (Å²) in [5.74, 6) is 0.459. The molecule has 0 atom stereocenters. The minimum Gasteiger partial charge on any atom is -0.378 e. The largest absolute Gasteiger partial charge is 0.378 e. The van der Waals surface area contributed by atoms with Gasteiger partial charge in [0.25, 0.3) is 0 Å². The number of morpholine rings is 1. The number of hydrogen-bond acceptors (Lipinski definition) is 5. The summed E-state index contributed by atoms with van der Waals surface area (Å²) in [6.45, 7) is 3.53. The molecule has 3 N–H and O–H groups in total. The lowest BCUT2D eigenvalue weighted by atomic mass is 9.90. The highest BCUT2D eigenvalue weighted by molar-refractivity contribution is 5.96. The molecule has 0 spiro atoms. The molecule has 3 aliphatic rings. The summed E-state index contributed by atoms with van der Waals surface area (Å²) in [6.07, 6.45) is 6.26. The zero-order chi connectivity index (χ0) is 28.9. The van der Waals surface area contributed by atoms with Gasteiger partial charge < -0.3 is 25.6 Å². The van der Waals surface area contributed by atoms with Crippen molar-refractivity contribution in [1.29, 1.82) is 0 Å². The monoisotopic (exact) mass is 566 g/mol. The molecular formula is C35H42N4O3. The van der Waals surface area contributed by atoms with Crippen molar-refractivity contribution in [2.24, 2.45) is 11.7 Å². The van der Waals surface area contributed by atoms with Crippen LogP contribution in [-0.4, -0.2) is 55.1 Å². The highest BCUT2D eigenvalue weighted by Gasteiger charge is 2.37. The zero-order valence-corrected chi connectivity index (χ0v) is 24.3. The summed E-state index contributed by atoms with van der Waals surface area (Å²) in [5, 5.41) is 3.21. The van der Waals surface area contributed by atoms with Gasteiger partial charge in [0.1, 0.15) is 0 Å². The van der Waals surface area contributed by atoms with Gasteiger partial charge in [-0.15, -0.1) is 0 Å². The highest BCUT2D eigenvalue weighted by atomic mass is 16.5. The number of anilines is 2. The normalized spacial score (nSPS) is 20.6. The van der Waals surface area contributed by atoms with Crippen molar-refractivity contribution < 1.29 is 14.3 Å². The average molecular weight is 567 g/mol. The Morgan fingerprint density at radius 2 is 1.55 bits per heavy atom. The Balaban J connectivity index is 1.25. The zero-order valence-electron chi connectivity index (χ0n) is 24.3. The molecule has 42 heavy (non-hydrogen) atoms. The molecule has 3 fully saturated rings. The fraction of sp³-hybridized carbons (Fsp3) is 0.429. The molecule has 0 unspecified atom stereocenters. The van der Waals surface area contributed by atoms with E-state index in [4.69, 9.17) is 10.5 Å². The van der Waals surface area contributed by atoms with E-state index in [-0.39, 0.29) is 23.9 Å². The van der Waals surface area contributed by atoms with Crippen molar-refractivity contribution in [3.8, 4) is 11.1 Å². The van der Waals surface area contributed by atoms with E-state index < -0.39 is 0 Å². The first-order chi connectivity index (χ1) is 20.5. The van der Waals surface area contributed by atoms with Crippen LogP contribution in [0.4, 0.5) is 11.4 Å². The molecule has 6 rings (SSSR count). The van der Waals surface area contributed by atoms with Crippen LogP contribution in [0.1, 0.15) is 49.7 Å². The maximum absolute atomic E-state index is 13.4. The van der Waals surface area contributed by atoms with E-state index in [1.807, 2.05) is 30.3 Å². The molecule has 3 aromatic rings. The van der Waals surface area contributed by atoms with Gasteiger partial charge in [0, 0.05) is 37.6 Å². The van der Waals surface area contributed by atoms with Crippen LogP contribution in [0.3, 0.4) is 0 Å². The quantitative estimate of drug-likeness (QED) is 0.363. The summed E-state index contributed by atoms with van der Waals surface area (Å²) in [7, 11) is 0. The Hall–Kier alpha value is -3.68. The standard InChI is InChI=1S/C35H42N4O3/c36-30-12-14-31(15-13-30)39(35(41)27-9-10-27)24-26-7-4-8-28(21-26)29-11-16-33(38-17-19-42-20-18-38)32(23-29)37-34(40)22-25-5-2-1-3-6-25/h1-8,11,16,21,23,27,30-31H,9-10,12-15,17-20,22,24,36H2,(H,37,40). The SMILES string of the molecule is NC1CCC(N(Cc2cccc(-c3ccc(N4CCOCC4)c(NC(=O)Cc4ccccc4)c3)c2)C(=O)C2CC2)CC1. The number of nitrogens with two attached hydrogens (primary N) is 1. The van der Waals surface area contributed by atoms with E-state index in [0.29, 0.717) is 32.1 Å². The van der Waals surface area contributed by atoms with Crippen molar-refractivity contribution in [2.75, 3.05) is 36.5 Å². The second-order valence-electron chi connectivity index (χ2n) is 12.1. The van der Waals surface area contributed by atoms with Gasteiger partial charge in [-0.2, -0.15) is 0 Å². The summed E-state index contributed by atoms with van der Waals surface area (Å²) >= 11 is 0. The highest BCUT2D eigenvalue weighted by Crippen LogP contribution is 2.36. The smallest absolute Gasteiger partial charge is 0.228 e. The summed E-state index contributed by atoms with van der Waals surface area (Å²) in [4.78, 5) is 30.9. The van der Waals surface area contributed by atoms with Gasteiger partial charge in [0.2, 0.25) is 11.8 Å². The molecule has 2 amide bonds. The molecule has 7 nitrogen and oxygen atoms in total. The van der Waals surface area contributed by atoms with E-state index in [1.165, 1.54) is 0 Å². The number of amides is 2. The minimum atomic E-state index is -0.0389. The van der Waals surface area contributed by atoms with Crippen LogP contribution in [0.25, 0.3) is 11.1 Å². The predicted molar refractivity (Wildman–Crippen MR) is 167 cm³/mol. The van der Waals surface area contributed by atoms with Crippen molar-refractivity contribution in [3.05, 3.63) is 83.9 Å². The first-order valence-corrected chi connectivity index (χ1v) is 15.5. The first-order valence-electron chi connectivity index (χ1n) is 15.5. The number of ether oxygens (including phenoxy) is 1. The lowest BCUT2D eigenvalue weighted by Gasteiger charge is -2.36. The molecule has 3 aromatic carbocycles. The minimum absolute atomic E-state index is 0.0389. The summed E-state index contributed by atoms with van der Waals surface area (Å²) < 4.78 is 5.58. The maximum Gasteiger partial charge on any atom is 0.228 e. The number of hydrogen-bond donors (Lipinski definition) is 2. The van der Waals surface area contributed by atoms with Crippen molar-refractivity contribution in [1.82, 2.24) is 4.90 Å². The molecule has 7 heteroatoms. The number of nitrogens with one attached hydrogen (secondary N) is 1. The van der Waals surface area contributed by atoms with E-state index in [0.717, 1.165) is 85.2 Å². The molecule has 2 aliphatic carbocycles. The number of benzene rings is 3. The fourth-order valence-corrected chi connectivity index (χ4v) is 6.28. The van der Waals surface area contributed by atoms with E-state index in [9.17, 15) is 9.59 Å². The fourth-order valence-electron chi connectivity index (χ4n) is 6.28. The summed E-state index contributed by atoms with van der Waals surface area (Å²) in [5.41, 5.74) is 12.2. The summed E-state index contributed by atoms with van der Waals surface area (Å²) in [6, 6.07) is 25.2. The number of nitrogens with zero attached hydrogens (tertiary/aromatic N) is 2. The molecule has 220 valence electrons. The van der Waals surface area contributed by atoms with Gasteiger partial charge in [-0.1, -0.05) is 54.6 Å². The Morgan fingerprint density at radius 1 is 0.833 bits per heavy atom. The average Bonchev–Trinajstić information content (AvgIpc) is 3.87. The lowest BCUT2D eigenvalue weighted by molar-refractivity contribution is -0.136. The van der Waals surface area contributed by atoms with Crippen LogP contribution in [0, 0.1) is 5.92 Å². The third-order valence-corrected chi connectivity index (χ3v) is 8.83. The van der Waals surface area contributed by atoms with E-state index >= 15 is 0 Å². The molecule has 1 heterocycles. The number of carbonyl (C=O) groups excluding carboxylic acids is 2. The molecule has 2 saturated carbocycles. The van der Waals surface area contributed by atoms with Gasteiger partial charge in [-0.25, -0.2) is 0 Å². The van der Waals surface area contributed by atoms with Crippen LogP contribution >= 0.6 is 0 Å². The first kappa shape index (κ1) is 28.4. The number of carbonyl (C=O) groups is 2. The molecular weight excluding hydrogens is 524 g/mol.